The molecular formula is C14H20N2O4. The SMILES string of the molecule is Cc1oc(CNC(=O)NCCC2CCC2)cc1C(=O)O. The molecule has 0 aromatic carbocycles. The lowest BCUT2D eigenvalue weighted by Crippen LogP contribution is -2.36. The van der Waals surface area contributed by atoms with Crippen LogP contribution in [0.2, 0.25) is 0 Å². The van der Waals surface area contributed by atoms with Crippen LogP contribution in [-0.2, 0) is 6.54 Å². The Labute approximate surface area is 117 Å². The molecule has 3 N–H and O–H groups in total. The molecule has 0 unspecified atom stereocenters. The highest BCUT2D eigenvalue weighted by Gasteiger charge is 2.17. The second kappa shape index (κ2) is 6.45. The normalized spacial score (nSPS) is 14.7. The number of rotatable bonds is 6. The van der Waals surface area contributed by atoms with E-state index in [0.29, 0.717) is 18.1 Å². The van der Waals surface area contributed by atoms with Crippen molar-refractivity contribution in [3.8, 4) is 0 Å². The summed E-state index contributed by atoms with van der Waals surface area (Å²) in [6, 6.07) is 1.18. The van der Waals surface area contributed by atoms with Crippen LogP contribution in [0, 0.1) is 12.8 Å². The molecule has 0 radical (unpaired) electrons. The molecule has 0 aliphatic heterocycles. The van der Waals surface area contributed by atoms with Gasteiger partial charge in [-0.1, -0.05) is 19.3 Å². The van der Waals surface area contributed by atoms with Gasteiger partial charge in [-0.25, -0.2) is 9.59 Å². The van der Waals surface area contributed by atoms with Gasteiger partial charge in [0.2, 0.25) is 0 Å². The highest BCUT2D eigenvalue weighted by Crippen LogP contribution is 2.28. The van der Waals surface area contributed by atoms with Crippen molar-refractivity contribution in [3.05, 3.63) is 23.2 Å². The summed E-state index contributed by atoms with van der Waals surface area (Å²) >= 11 is 0. The summed E-state index contributed by atoms with van der Waals surface area (Å²) in [5, 5.41) is 14.3. The van der Waals surface area contributed by atoms with Gasteiger partial charge in [-0.15, -0.1) is 0 Å². The van der Waals surface area contributed by atoms with Gasteiger partial charge in [-0.3, -0.25) is 0 Å². The van der Waals surface area contributed by atoms with Crippen molar-refractivity contribution in [2.45, 2.75) is 39.2 Å². The first-order valence-electron chi connectivity index (χ1n) is 6.90. The molecule has 0 bridgehead atoms. The second-order valence-electron chi connectivity index (χ2n) is 5.18. The minimum Gasteiger partial charge on any atom is -0.478 e. The van der Waals surface area contributed by atoms with E-state index in [1.54, 1.807) is 6.92 Å². The molecule has 6 nitrogen and oxygen atoms in total. The van der Waals surface area contributed by atoms with Gasteiger partial charge in [0.05, 0.1) is 6.54 Å². The summed E-state index contributed by atoms with van der Waals surface area (Å²) in [5.41, 5.74) is 0.132. The van der Waals surface area contributed by atoms with Crippen LogP contribution in [0.1, 0.15) is 47.6 Å². The molecule has 2 amide bonds. The van der Waals surface area contributed by atoms with E-state index in [0.717, 1.165) is 12.3 Å². The first-order chi connectivity index (χ1) is 9.56. The largest absolute Gasteiger partial charge is 0.478 e. The van der Waals surface area contributed by atoms with Crippen molar-refractivity contribution < 1.29 is 19.1 Å². The number of carboxylic acid groups (broad SMARTS) is 1. The van der Waals surface area contributed by atoms with Gasteiger partial charge in [0.25, 0.3) is 0 Å². The van der Waals surface area contributed by atoms with E-state index in [1.807, 2.05) is 0 Å². The number of aromatic carboxylic acids is 1. The number of carboxylic acids is 1. The van der Waals surface area contributed by atoms with Crippen LogP contribution in [0.15, 0.2) is 10.5 Å². The Bertz CT molecular complexity index is 491. The maximum Gasteiger partial charge on any atom is 0.339 e. The molecule has 6 heteroatoms. The maximum atomic E-state index is 11.5. The van der Waals surface area contributed by atoms with Gasteiger partial charge < -0.3 is 20.2 Å². The Kier molecular flexibility index (Phi) is 4.65. The molecule has 1 fully saturated rings. The minimum atomic E-state index is -1.03. The minimum absolute atomic E-state index is 0.132. The Morgan fingerprint density at radius 2 is 2.15 bits per heavy atom. The smallest absolute Gasteiger partial charge is 0.339 e. The molecule has 110 valence electrons. The number of carbonyl (C=O) groups is 2. The molecule has 20 heavy (non-hydrogen) atoms. The summed E-state index contributed by atoms with van der Waals surface area (Å²) in [6.45, 7) is 2.45. The molecule has 1 heterocycles. The van der Waals surface area contributed by atoms with Gasteiger partial charge in [0.15, 0.2) is 0 Å². The zero-order valence-corrected chi connectivity index (χ0v) is 11.6. The van der Waals surface area contributed by atoms with E-state index in [-0.39, 0.29) is 18.1 Å². The van der Waals surface area contributed by atoms with Gasteiger partial charge >= 0.3 is 12.0 Å². The molecule has 1 aliphatic carbocycles. The third-order valence-electron chi connectivity index (χ3n) is 3.69. The van der Waals surface area contributed by atoms with E-state index in [9.17, 15) is 9.59 Å². The number of amides is 2. The zero-order valence-electron chi connectivity index (χ0n) is 11.6. The molecule has 0 atom stereocenters. The molecular weight excluding hydrogens is 260 g/mol. The monoisotopic (exact) mass is 280 g/mol. The van der Waals surface area contributed by atoms with Crippen LogP contribution < -0.4 is 10.6 Å². The zero-order chi connectivity index (χ0) is 14.5. The number of aryl methyl sites for hydroxylation is 1. The summed E-state index contributed by atoms with van der Waals surface area (Å²) in [5.74, 6) is 0.525. The number of nitrogens with one attached hydrogen (secondary N) is 2. The van der Waals surface area contributed by atoms with Gasteiger partial charge in [-0.2, -0.15) is 0 Å². The van der Waals surface area contributed by atoms with E-state index < -0.39 is 5.97 Å². The Balaban J connectivity index is 1.69. The van der Waals surface area contributed by atoms with Crippen LogP contribution in [0.3, 0.4) is 0 Å². The predicted molar refractivity (Wildman–Crippen MR) is 72.6 cm³/mol. The van der Waals surface area contributed by atoms with Crippen LogP contribution in [0.25, 0.3) is 0 Å². The van der Waals surface area contributed by atoms with Crippen molar-refractivity contribution in [1.82, 2.24) is 10.6 Å². The highest BCUT2D eigenvalue weighted by molar-refractivity contribution is 5.88. The predicted octanol–water partition coefficient (Wildman–Crippen LogP) is 2.28. The van der Waals surface area contributed by atoms with E-state index in [4.69, 9.17) is 9.52 Å². The van der Waals surface area contributed by atoms with Gasteiger partial charge in [0.1, 0.15) is 17.1 Å². The fourth-order valence-electron chi connectivity index (χ4n) is 2.24. The third-order valence-corrected chi connectivity index (χ3v) is 3.69. The highest BCUT2D eigenvalue weighted by atomic mass is 16.4. The quantitative estimate of drug-likeness (QED) is 0.745. The average molecular weight is 280 g/mol. The fraction of sp³-hybridized carbons (Fsp3) is 0.571. The van der Waals surface area contributed by atoms with Gasteiger partial charge in [-0.05, 0) is 25.3 Å². The lowest BCUT2D eigenvalue weighted by atomic mass is 9.83. The number of furan rings is 1. The maximum absolute atomic E-state index is 11.5. The standard InChI is InChI=1S/C14H20N2O4/c1-9-12(13(17)18)7-11(20-9)8-16-14(19)15-6-5-10-3-2-4-10/h7,10H,2-6,8H2,1H3,(H,17,18)(H2,15,16,19). The summed E-state index contributed by atoms with van der Waals surface area (Å²) in [4.78, 5) is 22.4. The lowest BCUT2D eigenvalue weighted by Gasteiger charge is -2.25. The number of carbonyl (C=O) groups excluding carboxylic acids is 1. The fourth-order valence-corrected chi connectivity index (χ4v) is 2.24. The lowest BCUT2D eigenvalue weighted by molar-refractivity contribution is 0.0695. The third kappa shape index (κ3) is 3.76. The van der Waals surface area contributed by atoms with Crippen LogP contribution in [-0.4, -0.2) is 23.7 Å². The number of urea groups is 1. The van der Waals surface area contributed by atoms with Crippen molar-refractivity contribution in [3.63, 3.8) is 0 Å². The number of hydrogen-bond donors (Lipinski definition) is 3. The number of hydrogen-bond acceptors (Lipinski definition) is 3. The molecule has 1 saturated carbocycles. The van der Waals surface area contributed by atoms with Crippen molar-refractivity contribution in [2.24, 2.45) is 5.92 Å². The second-order valence-corrected chi connectivity index (χ2v) is 5.18. The van der Waals surface area contributed by atoms with Crippen LogP contribution in [0.5, 0.6) is 0 Å². The van der Waals surface area contributed by atoms with Crippen LogP contribution >= 0.6 is 0 Å². The summed E-state index contributed by atoms with van der Waals surface area (Å²) < 4.78 is 5.27. The van der Waals surface area contributed by atoms with Crippen molar-refractivity contribution in [1.29, 1.82) is 0 Å². The summed E-state index contributed by atoms with van der Waals surface area (Å²) in [6.07, 6.45) is 4.87. The average Bonchev–Trinajstić information content (AvgIpc) is 2.71. The molecule has 1 aromatic heterocycles. The molecule has 0 spiro atoms. The molecule has 2 rings (SSSR count). The molecule has 1 aliphatic rings. The van der Waals surface area contributed by atoms with Crippen molar-refractivity contribution >= 4 is 12.0 Å². The first-order valence-corrected chi connectivity index (χ1v) is 6.90. The van der Waals surface area contributed by atoms with Gasteiger partial charge in [0, 0.05) is 6.54 Å². The van der Waals surface area contributed by atoms with Crippen molar-refractivity contribution in [2.75, 3.05) is 6.54 Å². The Morgan fingerprint density at radius 1 is 1.40 bits per heavy atom. The van der Waals surface area contributed by atoms with E-state index >= 15 is 0 Å². The van der Waals surface area contributed by atoms with E-state index in [2.05, 4.69) is 10.6 Å². The Hall–Kier alpha value is -1.98. The topological polar surface area (TPSA) is 91.6 Å². The molecule has 0 saturated heterocycles. The van der Waals surface area contributed by atoms with E-state index in [1.165, 1.54) is 25.3 Å². The molecule has 1 aromatic rings. The first kappa shape index (κ1) is 14.4. The van der Waals surface area contributed by atoms with Crippen LogP contribution in [0.4, 0.5) is 4.79 Å². The summed E-state index contributed by atoms with van der Waals surface area (Å²) in [7, 11) is 0. The Morgan fingerprint density at radius 3 is 2.70 bits per heavy atom.